The van der Waals surface area contributed by atoms with Crippen molar-refractivity contribution in [2.24, 2.45) is 11.8 Å². The lowest BCUT2D eigenvalue weighted by Gasteiger charge is -2.35. The molecule has 0 aromatic carbocycles. The van der Waals surface area contributed by atoms with E-state index in [4.69, 9.17) is 5.84 Å². The topological polar surface area (TPSA) is 87.3 Å². The predicted octanol–water partition coefficient (Wildman–Crippen LogP) is 0.278. The van der Waals surface area contributed by atoms with Crippen LogP contribution in [0.4, 0.5) is 11.8 Å². The molecule has 1 saturated heterocycles. The molecule has 2 unspecified atom stereocenters. The van der Waals surface area contributed by atoms with Crippen LogP contribution in [-0.2, 0) is 0 Å². The average molecular weight is 237 g/mol. The minimum absolute atomic E-state index is 0.299. The number of aromatic nitrogens is 2. The molecule has 94 valence electrons. The molecule has 0 amide bonds. The predicted molar refractivity (Wildman–Crippen MR) is 66.6 cm³/mol. The molecule has 1 aliphatic rings. The van der Waals surface area contributed by atoms with Crippen molar-refractivity contribution < 1.29 is 5.11 Å². The molecule has 17 heavy (non-hydrogen) atoms. The third kappa shape index (κ3) is 2.48. The van der Waals surface area contributed by atoms with Crippen molar-refractivity contribution in [3.8, 4) is 0 Å². The van der Waals surface area contributed by atoms with E-state index in [0.717, 1.165) is 24.3 Å². The number of nitrogen functional groups attached to an aromatic ring is 1. The van der Waals surface area contributed by atoms with Crippen molar-refractivity contribution in [2.45, 2.75) is 26.4 Å². The van der Waals surface area contributed by atoms with E-state index in [1.807, 2.05) is 6.92 Å². The summed E-state index contributed by atoms with van der Waals surface area (Å²) in [4.78, 5) is 10.5. The minimum atomic E-state index is -0.299. The highest BCUT2D eigenvalue weighted by Crippen LogP contribution is 2.24. The standard InChI is InChI=1S/C11H19N5O/c1-7-3-4-16(6-9(7)17)10-8(2)5-13-11(14-10)15-12/h5,7,9,17H,3-4,6,12H2,1-2H3,(H,13,14,15). The number of nitrogens with one attached hydrogen (secondary N) is 1. The van der Waals surface area contributed by atoms with Crippen LogP contribution in [0, 0.1) is 12.8 Å². The van der Waals surface area contributed by atoms with Crippen LogP contribution in [0.2, 0.25) is 0 Å². The Morgan fingerprint density at radius 3 is 3.00 bits per heavy atom. The van der Waals surface area contributed by atoms with Crippen molar-refractivity contribution in [1.82, 2.24) is 9.97 Å². The van der Waals surface area contributed by atoms with Gasteiger partial charge >= 0.3 is 0 Å². The SMILES string of the molecule is Cc1cnc(NN)nc1N1CCC(C)C(O)C1. The number of hydrazine groups is 1. The number of aryl methyl sites for hydroxylation is 1. The number of aliphatic hydroxyl groups excluding tert-OH is 1. The van der Waals surface area contributed by atoms with Crippen molar-refractivity contribution in [2.75, 3.05) is 23.4 Å². The molecule has 2 atom stereocenters. The van der Waals surface area contributed by atoms with E-state index in [0.29, 0.717) is 18.4 Å². The Kier molecular flexibility index (Phi) is 3.44. The number of piperidine rings is 1. The maximum atomic E-state index is 9.90. The Morgan fingerprint density at radius 1 is 1.59 bits per heavy atom. The Hall–Kier alpha value is -1.40. The number of nitrogens with zero attached hydrogens (tertiary/aromatic N) is 3. The van der Waals surface area contributed by atoms with Gasteiger partial charge < -0.3 is 10.0 Å². The summed E-state index contributed by atoms with van der Waals surface area (Å²) in [6.45, 7) is 5.55. The molecule has 1 fully saturated rings. The van der Waals surface area contributed by atoms with E-state index < -0.39 is 0 Å². The number of β-amino-alcohol motifs (C(OH)–C–C–N with tert-alkyl or cyclic N) is 1. The van der Waals surface area contributed by atoms with E-state index in [9.17, 15) is 5.11 Å². The largest absolute Gasteiger partial charge is 0.391 e. The van der Waals surface area contributed by atoms with E-state index in [-0.39, 0.29) is 6.10 Å². The van der Waals surface area contributed by atoms with E-state index >= 15 is 0 Å². The molecular formula is C11H19N5O. The second-order valence-corrected chi connectivity index (χ2v) is 4.62. The number of nitrogens with two attached hydrogens (primary N) is 1. The van der Waals surface area contributed by atoms with Crippen LogP contribution < -0.4 is 16.2 Å². The van der Waals surface area contributed by atoms with E-state index in [2.05, 4.69) is 27.2 Å². The quantitative estimate of drug-likeness (QED) is 0.506. The minimum Gasteiger partial charge on any atom is -0.391 e. The van der Waals surface area contributed by atoms with Crippen LogP contribution in [-0.4, -0.2) is 34.3 Å². The number of anilines is 2. The fraction of sp³-hybridized carbons (Fsp3) is 0.636. The Morgan fingerprint density at radius 2 is 2.35 bits per heavy atom. The zero-order valence-corrected chi connectivity index (χ0v) is 10.2. The normalized spacial score (nSPS) is 24.8. The van der Waals surface area contributed by atoms with Gasteiger partial charge in [-0.1, -0.05) is 6.92 Å². The smallest absolute Gasteiger partial charge is 0.239 e. The number of hydrogen-bond donors (Lipinski definition) is 3. The summed E-state index contributed by atoms with van der Waals surface area (Å²) < 4.78 is 0. The van der Waals surface area contributed by atoms with E-state index in [1.165, 1.54) is 0 Å². The average Bonchev–Trinajstić information content (AvgIpc) is 2.33. The van der Waals surface area contributed by atoms with E-state index in [1.54, 1.807) is 6.20 Å². The second-order valence-electron chi connectivity index (χ2n) is 4.62. The molecular weight excluding hydrogens is 218 g/mol. The molecule has 2 heterocycles. The van der Waals surface area contributed by atoms with Gasteiger partial charge in [-0.3, -0.25) is 5.43 Å². The highest BCUT2D eigenvalue weighted by molar-refractivity contribution is 5.49. The van der Waals surface area contributed by atoms with Crippen LogP contribution in [0.15, 0.2) is 6.20 Å². The molecule has 0 spiro atoms. The zero-order chi connectivity index (χ0) is 12.4. The van der Waals surface area contributed by atoms with Crippen molar-refractivity contribution >= 4 is 11.8 Å². The molecule has 0 saturated carbocycles. The van der Waals surface area contributed by atoms with Crippen molar-refractivity contribution in [1.29, 1.82) is 0 Å². The lowest BCUT2D eigenvalue weighted by Crippen LogP contribution is -2.43. The summed E-state index contributed by atoms with van der Waals surface area (Å²) in [6, 6.07) is 0. The third-order valence-electron chi connectivity index (χ3n) is 3.29. The first-order valence-corrected chi connectivity index (χ1v) is 5.85. The summed E-state index contributed by atoms with van der Waals surface area (Å²) >= 11 is 0. The van der Waals surface area contributed by atoms with Gasteiger partial charge in [-0.05, 0) is 19.3 Å². The van der Waals surface area contributed by atoms with Gasteiger partial charge in [-0.25, -0.2) is 10.8 Å². The van der Waals surface area contributed by atoms with Gasteiger partial charge in [0, 0.05) is 24.8 Å². The molecule has 0 bridgehead atoms. The fourth-order valence-electron chi connectivity index (χ4n) is 2.06. The number of hydrogen-bond acceptors (Lipinski definition) is 6. The molecule has 4 N–H and O–H groups in total. The molecule has 1 aromatic heterocycles. The van der Waals surface area contributed by atoms with Crippen molar-refractivity contribution in [3.05, 3.63) is 11.8 Å². The van der Waals surface area contributed by atoms with Crippen LogP contribution >= 0.6 is 0 Å². The molecule has 0 radical (unpaired) electrons. The van der Waals surface area contributed by atoms with Crippen LogP contribution in [0.3, 0.4) is 0 Å². The third-order valence-corrected chi connectivity index (χ3v) is 3.29. The molecule has 6 heteroatoms. The highest BCUT2D eigenvalue weighted by Gasteiger charge is 2.26. The van der Waals surface area contributed by atoms with Crippen molar-refractivity contribution in [3.63, 3.8) is 0 Å². The molecule has 2 rings (SSSR count). The Bertz CT molecular complexity index is 397. The van der Waals surface area contributed by atoms with Gasteiger partial charge in [0.05, 0.1) is 6.10 Å². The second kappa shape index (κ2) is 4.85. The molecule has 0 aliphatic carbocycles. The first kappa shape index (κ1) is 12.1. The Labute approximate surface area is 101 Å². The first-order valence-electron chi connectivity index (χ1n) is 5.85. The zero-order valence-electron chi connectivity index (χ0n) is 10.2. The summed E-state index contributed by atoms with van der Waals surface area (Å²) in [5.74, 6) is 6.90. The maximum absolute atomic E-state index is 9.90. The summed E-state index contributed by atoms with van der Waals surface area (Å²) in [6.07, 6.45) is 2.41. The maximum Gasteiger partial charge on any atom is 0.239 e. The number of aliphatic hydroxyl groups is 1. The van der Waals surface area contributed by atoms with Gasteiger partial charge in [0.1, 0.15) is 5.82 Å². The van der Waals surface area contributed by atoms with Crippen LogP contribution in [0.25, 0.3) is 0 Å². The van der Waals surface area contributed by atoms with Crippen LogP contribution in [0.5, 0.6) is 0 Å². The number of rotatable bonds is 2. The van der Waals surface area contributed by atoms with Gasteiger partial charge in [-0.15, -0.1) is 0 Å². The van der Waals surface area contributed by atoms with Gasteiger partial charge in [0.15, 0.2) is 0 Å². The first-order chi connectivity index (χ1) is 8.11. The monoisotopic (exact) mass is 237 g/mol. The lowest BCUT2D eigenvalue weighted by molar-refractivity contribution is 0.102. The molecule has 1 aliphatic heterocycles. The Balaban J connectivity index is 2.21. The summed E-state index contributed by atoms with van der Waals surface area (Å²) in [5.41, 5.74) is 3.43. The van der Waals surface area contributed by atoms with Gasteiger partial charge in [0.25, 0.3) is 0 Å². The van der Waals surface area contributed by atoms with Gasteiger partial charge in [0.2, 0.25) is 5.95 Å². The summed E-state index contributed by atoms with van der Waals surface area (Å²) in [5, 5.41) is 9.90. The van der Waals surface area contributed by atoms with Gasteiger partial charge in [-0.2, -0.15) is 4.98 Å². The molecule has 6 nitrogen and oxygen atoms in total. The summed E-state index contributed by atoms with van der Waals surface area (Å²) in [7, 11) is 0. The highest BCUT2D eigenvalue weighted by atomic mass is 16.3. The lowest BCUT2D eigenvalue weighted by atomic mass is 9.96. The fourth-order valence-corrected chi connectivity index (χ4v) is 2.06. The van der Waals surface area contributed by atoms with Crippen LogP contribution in [0.1, 0.15) is 18.9 Å². The molecule has 1 aromatic rings.